The van der Waals surface area contributed by atoms with Gasteiger partial charge in [-0.1, -0.05) is 242 Å². The summed E-state index contributed by atoms with van der Waals surface area (Å²) in [6.45, 7) is 46.6. The minimum Gasteiger partial charge on any atom is -0.417 e. The number of hydrogen-bond donors (Lipinski definition) is 3. The minimum atomic E-state index is -2.77. The number of hydrogen-bond acceptors (Lipinski definition) is 11. The molecule has 6 atom stereocenters. The van der Waals surface area contributed by atoms with Crippen LogP contribution in [0.1, 0.15) is 149 Å². The van der Waals surface area contributed by atoms with Crippen LogP contribution in [-0.2, 0) is 41.4 Å². The molecular weight excluding hydrogens is 1250 g/mol. The first-order valence-electron chi connectivity index (χ1n) is 29.3. The van der Waals surface area contributed by atoms with Crippen LogP contribution in [0, 0.1) is 31.1 Å². The van der Waals surface area contributed by atoms with Crippen LogP contribution < -0.4 is 20.7 Å². The number of aliphatic hydroxyl groups excluding tert-OH is 2. The van der Waals surface area contributed by atoms with E-state index in [0.29, 0.717) is 6.42 Å². The van der Waals surface area contributed by atoms with Gasteiger partial charge in [-0.05, 0) is 125 Å². The summed E-state index contributed by atoms with van der Waals surface area (Å²) in [5, 5.41) is 34.0. The van der Waals surface area contributed by atoms with Gasteiger partial charge in [-0.2, -0.15) is 0 Å². The zero-order valence-corrected chi connectivity index (χ0v) is 64.4. The van der Waals surface area contributed by atoms with E-state index in [2.05, 4.69) is 281 Å². The average Bonchev–Trinajstić information content (AvgIpc) is 3.39. The molecule has 0 saturated heterocycles. The zero-order chi connectivity index (χ0) is 61.5. The van der Waals surface area contributed by atoms with E-state index in [-0.39, 0.29) is 101 Å². The molecule has 0 spiro atoms. The first kappa shape index (κ1) is 81.2. The van der Waals surface area contributed by atoms with E-state index in [4.69, 9.17) is 31.4 Å². The minimum absolute atomic E-state index is 0. The van der Waals surface area contributed by atoms with Crippen molar-refractivity contribution in [3.05, 3.63) is 141 Å². The normalized spacial score (nSPS) is 14.9. The van der Waals surface area contributed by atoms with E-state index >= 15 is 0 Å². The van der Waals surface area contributed by atoms with Gasteiger partial charge in [0.2, 0.25) is 0 Å². The second kappa shape index (κ2) is 37.3. The van der Waals surface area contributed by atoms with Crippen LogP contribution in [0.2, 0.25) is 46.3 Å². The van der Waals surface area contributed by atoms with Crippen molar-refractivity contribution >= 4 is 114 Å². The number of rotatable bonds is 25. The molecule has 2 unspecified atom stereocenters. The number of benzene rings is 4. The van der Waals surface area contributed by atoms with Gasteiger partial charge in [-0.15, -0.1) is 0 Å². The first-order valence-corrected chi connectivity index (χ1v) is 39.9. The summed E-state index contributed by atoms with van der Waals surface area (Å²) in [6, 6.07) is 42.9. The van der Waals surface area contributed by atoms with Gasteiger partial charge in [-0.25, -0.2) is 0 Å². The van der Waals surface area contributed by atoms with Gasteiger partial charge in [-0.3, -0.25) is 9.59 Å². The van der Waals surface area contributed by atoms with Gasteiger partial charge in [0.15, 0.2) is 16.6 Å². The topological polar surface area (TPSA) is 141 Å². The first-order chi connectivity index (χ1) is 37.5. The fourth-order valence-electron chi connectivity index (χ4n) is 9.35. The molecule has 0 aromatic heterocycles. The van der Waals surface area contributed by atoms with Gasteiger partial charge in [0.05, 0.1) is 23.2 Å². The summed E-state index contributed by atoms with van der Waals surface area (Å²) in [4.78, 5) is 0. The Kier molecular flexibility index (Phi) is 36.5. The Hall–Kier alpha value is -1.75. The van der Waals surface area contributed by atoms with Crippen LogP contribution >= 0.6 is 0 Å². The Morgan fingerprint density at radius 1 is 0.530 bits per heavy atom. The molecule has 0 aliphatic heterocycles. The molecule has 4 aromatic carbocycles. The molecule has 0 aliphatic carbocycles. The molecule has 0 saturated carbocycles. The molecule has 3 N–H and O–H groups in total. The predicted molar refractivity (Wildman–Crippen MR) is 362 cm³/mol. The Balaban J connectivity index is 0.00000146. The van der Waals surface area contributed by atoms with Crippen LogP contribution in [0.15, 0.2) is 133 Å². The third-order valence-electron chi connectivity index (χ3n) is 16.4. The maximum Gasteiger partial charge on any atom is 2.00 e. The fourth-order valence-corrected chi connectivity index (χ4v) is 20.9. The van der Waals surface area contributed by atoms with E-state index in [0.717, 1.165) is 45.3 Å². The third-order valence-corrected chi connectivity index (χ3v) is 35.9. The summed E-state index contributed by atoms with van der Waals surface area (Å²) < 4.78 is 47.3. The summed E-state index contributed by atoms with van der Waals surface area (Å²) in [6.07, 6.45) is 8.07. The van der Waals surface area contributed by atoms with Crippen molar-refractivity contribution in [2.24, 2.45) is 11.8 Å². The van der Waals surface area contributed by atoms with Crippen LogP contribution in [0.3, 0.4) is 0 Å². The van der Waals surface area contributed by atoms with E-state index in [1.54, 1.807) is 0 Å². The second-order valence-electron chi connectivity index (χ2n) is 27.0. The Labute approximate surface area is 552 Å². The summed E-state index contributed by atoms with van der Waals surface area (Å²) >= 11 is 0. The van der Waals surface area contributed by atoms with Crippen molar-refractivity contribution in [3.8, 4) is 11.8 Å². The van der Waals surface area contributed by atoms with Crippen LogP contribution in [0.4, 0.5) is 0 Å². The van der Waals surface area contributed by atoms with Gasteiger partial charge in [0.25, 0.3) is 16.6 Å². The molecule has 0 aliphatic rings. The molecule has 0 bridgehead atoms. The zero-order valence-electron chi connectivity index (χ0n) is 55.1. The monoisotopic (exact) mass is 1360 g/mol. The maximum atomic E-state index is 10.8. The SMILES string of the molecule is C[C@@H](C/C=C\C(O)[C@@H](C)CCCO[Si](C)(C)C(C)(C)C)O[Si](c1ccccc1)(c1ccccc1)C(C)(C)C.C[C@H](CC#CC(O)[C@@H](C)CCCO[Si](C)(C)C(C)(C)C)O[Si](c1ccccc1)(c1ccccc1)C(C)(C)C.O=[S-](=O)OO.[Ba+2].[CH3-]. The molecule has 462 valence electrons. The smallest absolute Gasteiger partial charge is 0.417 e. The van der Waals surface area contributed by atoms with E-state index < -0.39 is 56.5 Å². The molecule has 4 rings (SSSR count). The number of aliphatic hydroxyl groups is 2. The van der Waals surface area contributed by atoms with Crippen LogP contribution in [-0.4, -0.2) is 135 Å². The van der Waals surface area contributed by atoms with E-state index in [9.17, 15) is 10.2 Å². The van der Waals surface area contributed by atoms with Crippen molar-refractivity contribution in [3.63, 3.8) is 0 Å². The van der Waals surface area contributed by atoms with Crippen molar-refractivity contribution in [2.45, 2.75) is 220 Å². The molecule has 0 radical (unpaired) electrons. The Morgan fingerprint density at radius 2 is 0.843 bits per heavy atom. The molecule has 0 heterocycles. The van der Waals surface area contributed by atoms with Crippen molar-refractivity contribution in [1.29, 1.82) is 0 Å². The fraction of sp³-hybridized carbons (Fsp3) is 0.567. The third kappa shape index (κ3) is 25.7. The van der Waals surface area contributed by atoms with Crippen LogP contribution in [0.25, 0.3) is 0 Å². The molecular formula is C67H110BaO10SSi4. The molecule has 0 amide bonds. The van der Waals surface area contributed by atoms with Crippen molar-refractivity contribution < 1.29 is 45.9 Å². The molecule has 0 fully saturated rings. The average molecular weight is 1360 g/mol. The second-order valence-corrected chi connectivity index (χ2v) is 45.7. The Bertz CT molecular complexity index is 2460. The summed E-state index contributed by atoms with van der Waals surface area (Å²) in [5.74, 6) is 6.66. The molecule has 4 aromatic rings. The maximum absolute atomic E-state index is 10.8. The predicted octanol–water partition coefficient (Wildman–Crippen LogP) is 14.6. The largest absolute Gasteiger partial charge is 2.00 e. The van der Waals surface area contributed by atoms with Crippen molar-refractivity contribution in [2.75, 3.05) is 13.2 Å². The molecule has 83 heavy (non-hydrogen) atoms. The standard InChI is InChI=1S/C33H54O3Si2.C33H52O3Si2.CH3.Ba.HO4S/c2*1-27(19-18-26-35-37(9,10)32(3,4)5)31(34)25-17-20-28(2)36-38(33(6,7)8,29-21-13-11-14-22-29)30-23-15-12-16-24-30;;;1-4-5(2)3/h11-17,21-25,27-28,31,34H,18-20,26H2,1-10H3;11-16,21-24,27-28,31,34H,18-20,26H2,1-10H3;1H3;;1H/q;;-1;+2;-1/b25-17-;;;;/t27-,28-,31?;27-,28+,31?;;;/m00.../s1. The van der Waals surface area contributed by atoms with Gasteiger partial charge >= 0.3 is 48.9 Å². The van der Waals surface area contributed by atoms with E-state index in [1.165, 1.54) is 20.7 Å². The van der Waals surface area contributed by atoms with Crippen molar-refractivity contribution in [1.82, 2.24) is 0 Å². The summed E-state index contributed by atoms with van der Waals surface area (Å²) in [5.41, 5.74) is 0. The van der Waals surface area contributed by atoms with Gasteiger partial charge in [0.1, 0.15) is 6.10 Å². The molecule has 16 heteroatoms. The van der Waals surface area contributed by atoms with E-state index in [1.807, 2.05) is 6.08 Å². The van der Waals surface area contributed by atoms with Gasteiger partial charge < -0.3 is 43.8 Å². The summed E-state index contributed by atoms with van der Waals surface area (Å²) in [7, 11) is -11.4. The quantitative estimate of drug-likeness (QED) is 0.00858. The van der Waals surface area contributed by atoms with Crippen LogP contribution in [0.5, 0.6) is 0 Å². The molecule has 10 nitrogen and oxygen atoms in total. The Morgan fingerprint density at radius 3 is 1.14 bits per heavy atom. The van der Waals surface area contributed by atoms with Gasteiger partial charge in [0, 0.05) is 25.7 Å².